The van der Waals surface area contributed by atoms with Crippen molar-refractivity contribution in [2.75, 3.05) is 6.61 Å². The first-order valence-corrected chi connectivity index (χ1v) is 5.87. The molecular weight excluding hydrogens is 266 g/mol. The largest absolute Gasteiger partial charge is 0.394 e. The van der Waals surface area contributed by atoms with Gasteiger partial charge in [0.05, 0.1) is 12.7 Å². The van der Waals surface area contributed by atoms with Crippen LogP contribution in [-0.4, -0.2) is 41.0 Å². The smallest absolute Gasteiger partial charge is 0.289 e. The maximum absolute atomic E-state index is 11.1. The van der Waals surface area contributed by atoms with Crippen LogP contribution in [0.2, 0.25) is 0 Å². The molecular formula is C11H14N5O4+. The molecule has 0 unspecified atom stereocenters. The number of carbonyl (C=O) groups is 1. The van der Waals surface area contributed by atoms with Gasteiger partial charge in [-0.1, -0.05) is 5.11 Å². The highest BCUT2D eigenvalue weighted by atomic mass is 16.5. The van der Waals surface area contributed by atoms with E-state index in [0.717, 1.165) is 0 Å². The van der Waals surface area contributed by atoms with E-state index in [9.17, 15) is 15.0 Å². The highest BCUT2D eigenvalue weighted by molar-refractivity contribution is 5.92. The summed E-state index contributed by atoms with van der Waals surface area (Å²) in [6, 6.07) is 2.19. The van der Waals surface area contributed by atoms with Crippen LogP contribution in [0.5, 0.6) is 0 Å². The van der Waals surface area contributed by atoms with Crippen LogP contribution in [0, 0.1) is 0 Å². The Morgan fingerprint density at radius 1 is 1.65 bits per heavy atom. The van der Waals surface area contributed by atoms with E-state index < -0.39 is 37.0 Å². The van der Waals surface area contributed by atoms with Crippen LogP contribution in [0.3, 0.4) is 0 Å². The molecule has 2 rings (SSSR count). The maximum atomic E-state index is 11.1. The predicted molar refractivity (Wildman–Crippen MR) is 65.1 cm³/mol. The first-order valence-electron chi connectivity index (χ1n) is 5.87. The van der Waals surface area contributed by atoms with Gasteiger partial charge in [0.2, 0.25) is 0 Å². The van der Waals surface area contributed by atoms with Gasteiger partial charge in [0.1, 0.15) is 11.6 Å². The molecule has 1 aromatic rings. The molecule has 20 heavy (non-hydrogen) atoms. The summed E-state index contributed by atoms with van der Waals surface area (Å²) in [6.07, 6.45) is 0.171. The lowest BCUT2D eigenvalue weighted by Crippen LogP contribution is -2.46. The average molecular weight is 280 g/mol. The van der Waals surface area contributed by atoms with Crippen molar-refractivity contribution < 1.29 is 24.3 Å². The molecule has 9 nitrogen and oxygen atoms in total. The van der Waals surface area contributed by atoms with Gasteiger partial charge < -0.3 is 20.7 Å². The molecule has 4 atom stereocenters. The third-order valence-electron chi connectivity index (χ3n) is 3.10. The van der Waals surface area contributed by atoms with Crippen molar-refractivity contribution >= 4 is 5.91 Å². The normalized spacial score (nSPS) is 28.9. The summed E-state index contributed by atoms with van der Waals surface area (Å²) in [5.74, 6) is -0.614. The van der Waals surface area contributed by atoms with E-state index in [-0.39, 0.29) is 5.56 Å². The lowest BCUT2D eigenvalue weighted by molar-refractivity contribution is -0.765. The minimum absolute atomic E-state index is 0.246. The number of azide groups is 1. The molecule has 0 aromatic carbocycles. The van der Waals surface area contributed by atoms with Crippen molar-refractivity contribution in [1.82, 2.24) is 0 Å². The Balaban J connectivity index is 2.31. The van der Waals surface area contributed by atoms with Gasteiger partial charge in [0.15, 0.2) is 18.5 Å². The SMILES string of the molecule is [N-]=[N+]=N[C@H]1[C@@H](O)[C@H]([n+]2cccc(C(N)=O)c2)O[C@@H]1CO. The fourth-order valence-corrected chi connectivity index (χ4v) is 2.13. The van der Waals surface area contributed by atoms with E-state index in [4.69, 9.17) is 16.0 Å². The molecule has 0 bridgehead atoms. The van der Waals surface area contributed by atoms with Gasteiger partial charge in [-0.05, 0) is 11.6 Å². The topological polar surface area (TPSA) is 145 Å². The Morgan fingerprint density at radius 2 is 2.40 bits per heavy atom. The summed E-state index contributed by atoms with van der Waals surface area (Å²) in [7, 11) is 0. The molecule has 0 radical (unpaired) electrons. The van der Waals surface area contributed by atoms with Crippen molar-refractivity contribution in [2.24, 2.45) is 10.8 Å². The molecule has 1 saturated heterocycles. The first kappa shape index (κ1) is 14.2. The fraction of sp³-hybridized carbons (Fsp3) is 0.455. The Morgan fingerprint density at radius 3 is 3.00 bits per heavy atom. The van der Waals surface area contributed by atoms with Crippen molar-refractivity contribution in [1.29, 1.82) is 0 Å². The van der Waals surface area contributed by atoms with Crippen LogP contribution in [0.1, 0.15) is 16.6 Å². The first-order chi connectivity index (χ1) is 9.58. The molecule has 4 N–H and O–H groups in total. The molecule has 106 valence electrons. The number of aliphatic hydroxyl groups is 2. The average Bonchev–Trinajstić information content (AvgIpc) is 2.76. The lowest BCUT2D eigenvalue weighted by Gasteiger charge is -2.10. The minimum atomic E-state index is -1.14. The van der Waals surface area contributed by atoms with Crippen molar-refractivity contribution in [2.45, 2.75) is 24.5 Å². The molecule has 1 aromatic heterocycles. The van der Waals surface area contributed by atoms with Crippen molar-refractivity contribution in [3.8, 4) is 0 Å². The summed E-state index contributed by atoms with van der Waals surface area (Å²) in [4.78, 5) is 13.8. The van der Waals surface area contributed by atoms with Crippen LogP contribution in [0.25, 0.3) is 10.4 Å². The van der Waals surface area contributed by atoms with Gasteiger partial charge >= 0.3 is 0 Å². The molecule has 2 heterocycles. The number of aromatic nitrogens is 1. The summed E-state index contributed by atoms with van der Waals surface area (Å²) in [5.41, 5.74) is 13.9. The van der Waals surface area contributed by atoms with E-state index in [1.165, 1.54) is 16.8 Å². The van der Waals surface area contributed by atoms with Crippen LogP contribution in [-0.2, 0) is 4.74 Å². The maximum Gasteiger partial charge on any atom is 0.289 e. The molecule has 1 aliphatic rings. The highest BCUT2D eigenvalue weighted by Gasteiger charge is 2.48. The third-order valence-corrected chi connectivity index (χ3v) is 3.10. The van der Waals surface area contributed by atoms with Crippen molar-refractivity contribution in [3.05, 3.63) is 40.5 Å². The molecule has 0 saturated carbocycles. The second-order valence-electron chi connectivity index (χ2n) is 4.34. The zero-order valence-corrected chi connectivity index (χ0v) is 10.4. The van der Waals surface area contributed by atoms with E-state index >= 15 is 0 Å². The van der Waals surface area contributed by atoms with Crippen molar-refractivity contribution in [3.63, 3.8) is 0 Å². The standard InChI is InChI=1S/C11H13N5O4/c12-10(19)6-2-1-3-16(4-6)11-9(18)8(14-15-13)7(5-17)20-11/h1-4,7-9,11,17-18H,5H2,(H-,12,19)/p+1/t7-,8-,9-,11-/m1/s1. The Labute approximate surface area is 113 Å². The highest BCUT2D eigenvalue weighted by Crippen LogP contribution is 2.27. The fourth-order valence-electron chi connectivity index (χ4n) is 2.13. The van der Waals surface area contributed by atoms with Gasteiger partial charge in [-0.2, -0.15) is 4.57 Å². The quantitative estimate of drug-likeness (QED) is 0.281. The number of hydrogen-bond donors (Lipinski definition) is 3. The number of rotatable bonds is 4. The van der Waals surface area contributed by atoms with E-state index in [1.54, 1.807) is 12.3 Å². The molecule has 1 amide bonds. The van der Waals surface area contributed by atoms with Gasteiger partial charge in [0, 0.05) is 11.0 Å². The monoisotopic (exact) mass is 280 g/mol. The summed E-state index contributed by atoms with van der Waals surface area (Å²) in [6.45, 7) is -0.396. The number of carbonyl (C=O) groups excluding carboxylic acids is 1. The number of primary amides is 1. The number of nitrogens with two attached hydrogens (primary N) is 1. The molecule has 0 spiro atoms. The number of aliphatic hydroxyl groups excluding tert-OH is 2. The van der Waals surface area contributed by atoms with E-state index in [2.05, 4.69) is 10.0 Å². The molecule has 0 aliphatic carbocycles. The minimum Gasteiger partial charge on any atom is -0.394 e. The molecule has 1 aliphatic heterocycles. The summed E-state index contributed by atoms with van der Waals surface area (Å²) < 4.78 is 6.90. The second-order valence-corrected chi connectivity index (χ2v) is 4.34. The number of nitrogens with zero attached hydrogens (tertiary/aromatic N) is 4. The zero-order valence-electron chi connectivity index (χ0n) is 10.4. The third kappa shape index (κ3) is 2.56. The summed E-state index contributed by atoms with van der Waals surface area (Å²) >= 11 is 0. The molecule has 9 heteroatoms. The van der Waals surface area contributed by atoms with E-state index in [0.29, 0.717) is 0 Å². The van der Waals surface area contributed by atoms with Gasteiger partial charge in [0.25, 0.3) is 12.1 Å². The van der Waals surface area contributed by atoms with Crippen LogP contribution in [0.15, 0.2) is 29.6 Å². The Bertz CT molecular complexity index is 559. The van der Waals surface area contributed by atoms with E-state index in [1.807, 2.05) is 0 Å². The number of ether oxygens (including phenoxy) is 1. The molecule has 1 fully saturated rings. The lowest BCUT2D eigenvalue weighted by atomic mass is 10.1. The van der Waals surface area contributed by atoms with Crippen LogP contribution < -0.4 is 10.3 Å². The van der Waals surface area contributed by atoms with Gasteiger partial charge in [-0.3, -0.25) is 4.79 Å². The van der Waals surface area contributed by atoms with Gasteiger partial charge in [-0.25, -0.2) is 0 Å². The number of hydrogen-bond acceptors (Lipinski definition) is 5. The second kappa shape index (κ2) is 5.85. The Kier molecular flexibility index (Phi) is 4.16. The summed E-state index contributed by atoms with van der Waals surface area (Å²) in [5, 5.41) is 22.7. The number of amides is 1. The predicted octanol–water partition coefficient (Wildman–Crippen LogP) is -0.997. The van der Waals surface area contributed by atoms with Gasteiger partial charge in [-0.15, -0.1) is 0 Å². The van der Waals surface area contributed by atoms with Crippen LogP contribution in [0.4, 0.5) is 0 Å². The van der Waals surface area contributed by atoms with Crippen LogP contribution >= 0.6 is 0 Å². The number of pyridine rings is 1. The Hall–Kier alpha value is -2.19. The zero-order chi connectivity index (χ0) is 14.7.